The molecule has 2 aromatic rings. The summed E-state index contributed by atoms with van der Waals surface area (Å²) in [5.74, 6) is -1.21. The van der Waals surface area contributed by atoms with Crippen molar-refractivity contribution in [3.05, 3.63) is 39.7 Å². The Kier molecular flexibility index (Phi) is 2.38. The van der Waals surface area contributed by atoms with Crippen molar-refractivity contribution >= 4 is 54.9 Å². The second-order valence-corrected chi connectivity index (χ2v) is 5.39. The van der Waals surface area contributed by atoms with Crippen LogP contribution in [-0.2, 0) is 14.3 Å². The summed E-state index contributed by atoms with van der Waals surface area (Å²) in [6.45, 7) is 0. The molecular formula is C12H5BrO3S. The van der Waals surface area contributed by atoms with Gasteiger partial charge in [-0.05, 0) is 33.4 Å². The molecule has 84 valence electrons. The quantitative estimate of drug-likeness (QED) is 0.600. The Labute approximate surface area is 109 Å². The van der Waals surface area contributed by atoms with Crippen molar-refractivity contribution in [1.29, 1.82) is 0 Å². The fraction of sp³-hybridized carbons (Fsp3) is 0. The van der Waals surface area contributed by atoms with Crippen molar-refractivity contribution < 1.29 is 14.3 Å². The van der Waals surface area contributed by atoms with Gasteiger partial charge in [-0.1, -0.05) is 18.2 Å². The SMILES string of the molecule is O=C1OC(=O)C(c2cc3ccccc3s2)=C1Br. The molecule has 0 bridgehead atoms. The number of halogens is 1. The molecule has 0 saturated carbocycles. The molecule has 0 unspecified atom stereocenters. The van der Waals surface area contributed by atoms with Crippen LogP contribution in [0.4, 0.5) is 0 Å². The second-order valence-electron chi connectivity index (χ2n) is 3.51. The summed E-state index contributed by atoms with van der Waals surface area (Å²) >= 11 is 4.56. The van der Waals surface area contributed by atoms with E-state index in [-0.39, 0.29) is 4.48 Å². The number of benzene rings is 1. The van der Waals surface area contributed by atoms with Crippen LogP contribution in [0.3, 0.4) is 0 Å². The van der Waals surface area contributed by atoms with Crippen molar-refractivity contribution in [1.82, 2.24) is 0 Å². The van der Waals surface area contributed by atoms with E-state index in [1.807, 2.05) is 30.3 Å². The Morgan fingerprint density at radius 2 is 1.88 bits per heavy atom. The lowest BCUT2D eigenvalue weighted by Crippen LogP contribution is -2.00. The fourth-order valence-electron chi connectivity index (χ4n) is 1.69. The maximum absolute atomic E-state index is 11.5. The van der Waals surface area contributed by atoms with Crippen molar-refractivity contribution in [2.24, 2.45) is 0 Å². The first-order valence-electron chi connectivity index (χ1n) is 4.82. The monoisotopic (exact) mass is 308 g/mol. The van der Waals surface area contributed by atoms with Crippen molar-refractivity contribution in [2.45, 2.75) is 0 Å². The maximum atomic E-state index is 11.5. The second kappa shape index (κ2) is 3.78. The fourth-order valence-corrected chi connectivity index (χ4v) is 3.37. The van der Waals surface area contributed by atoms with E-state index in [9.17, 15) is 9.59 Å². The van der Waals surface area contributed by atoms with Crippen LogP contribution in [0.1, 0.15) is 4.88 Å². The minimum atomic E-state index is -0.623. The third-order valence-electron chi connectivity index (χ3n) is 2.46. The zero-order valence-corrected chi connectivity index (χ0v) is 10.8. The van der Waals surface area contributed by atoms with Gasteiger partial charge in [0.15, 0.2) is 0 Å². The molecule has 0 spiro atoms. The lowest BCUT2D eigenvalue weighted by molar-refractivity contribution is -0.149. The highest BCUT2D eigenvalue weighted by atomic mass is 79.9. The van der Waals surface area contributed by atoms with Gasteiger partial charge in [0.2, 0.25) is 0 Å². The van der Waals surface area contributed by atoms with Crippen molar-refractivity contribution in [3.63, 3.8) is 0 Å². The number of cyclic esters (lactones) is 2. The summed E-state index contributed by atoms with van der Waals surface area (Å²) in [5, 5.41) is 1.05. The van der Waals surface area contributed by atoms with E-state index in [1.54, 1.807) is 0 Å². The van der Waals surface area contributed by atoms with Gasteiger partial charge in [-0.25, -0.2) is 9.59 Å². The van der Waals surface area contributed by atoms with E-state index in [0.29, 0.717) is 5.57 Å². The van der Waals surface area contributed by atoms with Gasteiger partial charge in [-0.2, -0.15) is 0 Å². The average Bonchev–Trinajstić information content (AvgIpc) is 2.81. The summed E-state index contributed by atoms with van der Waals surface area (Å²) in [5.41, 5.74) is 0.316. The maximum Gasteiger partial charge on any atom is 0.354 e. The Morgan fingerprint density at radius 3 is 2.53 bits per heavy atom. The molecule has 3 nitrogen and oxygen atoms in total. The highest BCUT2D eigenvalue weighted by molar-refractivity contribution is 9.12. The minimum absolute atomic E-state index is 0.203. The topological polar surface area (TPSA) is 43.4 Å². The molecule has 3 rings (SSSR count). The molecule has 1 aliphatic heterocycles. The molecule has 1 aromatic heterocycles. The summed E-state index contributed by atoms with van der Waals surface area (Å²) in [6, 6.07) is 9.69. The van der Waals surface area contributed by atoms with Gasteiger partial charge in [0.1, 0.15) is 4.48 Å². The molecule has 0 saturated heterocycles. The molecule has 1 aromatic carbocycles. The molecular weight excluding hydrogens is 304 g/mol. The number of hydrogen-bond acceptors (Lipinski definition) is 4. The Balaban J connectivity index is 2.22. The van der Waals surface area contributed by atoms with E-state index in [4.69, 9.17) is 0 Å². The zero-order valence-electron chi connectivity index (χ0n) is 8.40. The van der Waals surface area contributed by atoms with E-state index in [0.717, 1.165) is 15.0 Å². The number of ether oxygens (including phenoxy) is 1. The number of carbonyl (C=O) groups excluding carboxylic acids is 2. The van der Waals surface area contributed by atoms with Gasteiger partial charge in [0.25, 0.3) is 0 Å². The average molecular weight is 309 g/mol. The molecule has 0 fully saturated rings. The number of rotatable bonds is 1. The first kappa shape index (κ1) is 10.7. The van der Waals surface area contributed by atoms with Crippen LogP contribution in [0, 0.1) is 0 Å². The van der Waals surface area contributed by atoms with Crippen LogP contribution in [-0.4, -0.2) is 11.9 Å². The molecule has 0 radical (unpaired) electrons. The van der Waals surface area contributed by atoms with E-state index >= 15 is 0 Å². The van der Waals surface area contributed by atoms with Crippen LogP contribution >= 0.6 is 27.3 Å². The summed E-state index contributed by atoms with van der Waals surface area (Å²) < 4.78 is 5.82. The predicted molar refractivity (Wildman–Crippen MR) is 68.8 cm³/mol. The zero-order chi connectivity index (χ0) is 12.0. The van der Waals surface area contributed by atoms with Crippen LogP contribution in [0.5, 0.6) is 0 Å². The molecule has 5 heteroatoms. The van der Waals surface area contributed by atoms with E-state index in [2.05, 4.69) is 20.7 Å². The summed E-state index contributed by atoms with van der Waals surface area (Å²) in [7, 11) is 0. The van der Waals surface area contributed by atoms with Gasteiger partial charge >= 0.3 is 11.9 Å². The molecule has 0 aliphatic carbocycles. The van der Waals surface area contributed by atoms with E-state index in [1.165, 1.54) is 11.3 Å². The van der Waals surface area contributed by atoms with Crippen LogP contribution in [0.15, 0.2) is 34.8 Å². The lowest BCUT2D eigenvalue weighted by Gasteiger charge is -1.91. The third kappa shape index (κ3) is 1.62. The molecule has 2 heterocycles. The molecule has 1 aliphatic rings. The Bertz CT molecular complexity index is 651. The number of thiophene rings is 1. The molecule has 17 heavy (non-hydrogen) atoms. The highest BCUT2D eigenvalue weighted by Crippen LogP contribution is 2.37. The van der Waals surface area contributed by atoms with Gasteiger partial charge in [-0.3, -0.25) is 0 Å². The predicted octanol–water partition coefficient (Wildman–Crippen LogP) is 3.09. The molecule has 0 N–H and O–H groups in total. The van der Waals surface area contributed by atoms with E-state index < -0.39 is 11.9 Å². The van der Waals surface area contributed by atoms with Crippen LogP contribution in [0.2, 0.25) is 0 Å². The van der Waals surface area contributed by atoms with Gasteiger partial charge < -0.3 is 4.74 Å². The number of fused-ring (bicyclic) bond motifs is 1. The number of hydrogen-bond donors (Lipinski definition) is 0. The standard InChI is InChI=1S/C12H5BrO3S/c13-10-9(11(14)16-12(10)15)8-5-6-3-1-2-4-7(6)17-8/h1-5H. The lowest BCUT2D eigenvalue weighted by atomic mass is 10.2. The van der Waals surface area contributed by atoms with Crippen LogP contribution in [0.25, 0.3) is 15.7 Å². The van der Waals surface area contributed by atoms with Gasteiger partial charge in [0, 0.05) is 9.58 Å². The van der Waals surface area contributed by atoms with Crippen molar-refractivity contribution in [2.75, 3.05) is 0 Å². The summed E-state index contributed by atoms with van der Waals surface area (Å²) in [4.78, 5) is 23.5. The number of esters is 2. The minimum Gasteiger partial charge on any atom is -0.385 e. The van der Waals surface area contributed by atoms with Gasteiger partial charge in [-0.15, -0.1) is 11.3 Å². The third-order valence-corrected chi connectivity index (χ3v) is 4.31. The first-order valence-corrected chi connectivity index (χ1v) is 6.43. The molecule has 0 amide bonds. The Morgan fingerprint density at radius 1 is 1.12 bits per heavy atom. The largest absolute Gasteiger partial charge is 0.385 e. The van der Waals surface area contributed by atoms with Crippen LogP contribution < -0.4 is 0 Å². The Hall–Kier alpha value is -1.46. The highest BCUT2D eigenvalue weighted by Gasteiger charge is 2.33. The molecule has 0 atom stereocenters. The normalized spacial score (nSPS) is 15.8. The summed E-state index contributed by atoms with van der Waals surface area (Å²) in [6.07, 6.45) is 0. The number of carbonyl (C=O) groups is 2. The van der Waals surface area contributed by atoms with Crippen molar-refractivity contribution in [3.8, 4) is 0 Å². The smallest absolute Gasteiger partial charge is 0.354 e. The first-order chi connectivity index (χ1) is 8.16. The van der Waals surface area contributed by atoms with Gasteiger partial charge in [0.05, 0.1) is 5.57 Å².